The lowest BCUT2D eigenvalue weighted by atomic mass is 10.1. The molecule has 1 aliphatic rings. The van der Waals surface area contributed by atoms with Crippen molar-refractivity contribution in [3.05, 3.63) is 64.4 Å². The van der Waals surface area contributed by atoms with Crippen LogP contribution in [0.15, 0.2) is 46.9 Å². The van der Waals surface area contributed by atoms with E-state index in [2.05, 4.69) is 35.5 Å². The van der Waals surface area contributed by atoms with Gasteiger partial charge in [-0.15, -0.1) is 21.5 Å². The molecule has 3 heterocycles. The van der Waals surface area contributed by atoms with Gasteiger partial charge in [0, 0.05) is 23.7 Å². The van der Waals surface area contributed by atoms with Crippen LogP contribution in [0.4, 0.5) is 0 Å². The van der Waals surface area contributed by atoms with Crippen LogP contribution in [0.25, 0.3) is 10.6 Å². The molecule has 5 rings (SSSR count). The molecule has 0 amide bonds. The molecule has 0 aliphatic carbocycles. The highest BCUT2D eigenvalue weighted by molar-refractivity contribution is 7.98. The molecule has 0 unspecified atom stereocenters. The van der Waals surface area contributed by atoms with Crippen LogP contribution < -0.4 is 14.2 Å². The van der Waals surface area contributed by atoms with Crippen LogP contribution in [-0.4, -0.2) is 26.5 Å². The number of rotatable bonds is 7. The predicted molar refractivity (Wildman–Crippen MR) is 124 cm³/mol. The van der Waals surface area contributed by atoms with Gasteiger partial charge in [0.05, 0.1) is 5.69 Å². The van der Waals surface area contributed by atoms with Gasteiger partial charge in [-0.3, -0.25) is 0 Å². The molecule has 32 heavy (non-hydrogen) atoms. The van der Waals surface area contributed by atoms with E-state index >= 15 is 0 Å². The number of aryl methyl sites for hydroxylation is 2. The van der Waals surface area contributed by atoms with E-state index in [0.29, 0.717) is 12.4 Å². The van der Waals surface area contributed by atoms with E-state index < -0.39 is 0 Å². The number of nitrogens with zero attached hydrogens (tertiary/aromatic N) is 4. The molecule has 9 heteroatoms. The van der Waals surface area contributed by atoms with Gasteiger partial charge in [-0.2, -0.15) is 0 Å². The van der Waals surface area contributed by atoms with Crippen molar-refractivity contribution in [2.24, 2.45) is 7.05 Å². The molecule has 1 aliphatic heterocycles. The van der Waals surface area contributed by atoms with E-state index in [1.807, 2.05) is 41.9 Å². The Hall–Kier alpha value is -3.04. The molecule has 2 aromatic heterocycles. The number of aromatic nitrogens is 4. The summed E-state index contributed by atoms with van der Waals surface area (Å²) in [4.78, 5) is 4.77. The number of fused-ring (bicyclic) bond motifs is 1. The van der Waals surface area contributed by atoms with Crippen LogP contribution in [0.2, 0.25) is 0 Å². The summed E-state index contributed by atoms with van der Waals surface area (Å²) in [6.45, 7) is 4.81. The van der Waals surface area contributed by atoms with Crippen LogP contribution in [0, 0.1) is 13.8 Å². The van der Waals surface area contributed by atoms with Crippen molar-refractivity contribution in [3.63, 3.8) is 0 Å². The molecule has 0 atom stereocenters. The van der Waals surface area contributed by atoms with Gasteiger partial charge < -0.3 is 18.8 Å². The summed E-state index contributed by atoms with van der Waals surface area (Å²) in [7, 11) is 1.96. The van der Waals surface area contributed by atoms with Gasteiger partial charge in [0.2, 0.25) is 6.79 Å². The lowest BCUT2D eigenvalue weighted by Crippen LogP contribution is -2.04. The lowest BCUT2D eigenvalue weighted by Gasteiger charge is -2.08. The average molecular weight is 467 g/mol. The third kappa shape index (κ3) is 4.31. The van der Waals surface area contributed by atoms with E-state index in [9.17, 15) is 0 Å². The average Bonchev–Trinajstić information content (AvgIpc) is 3.53. The highest BCUT2D eigenvalue weighted by atomic mass is 32.2. The van der Waals surface area contributed by atoms with Gasteiger partial charge >= 0.3 is 0 Å². The Kier molecular flexibility index (Phi) is 5.75. The number of ether oxygens (including phenoxy) is 3. The largest absolute Gasteiger partial charge is 0.486 e. The summed E-state index contributed by atoms with van der Waals surface area (Å²) in [5.74, 6) is 3.88. The van der Waals surface area contributed by atoms with Crippen molar-refractivity contribution in [1.29, 1.82) is 0 Å². The van der Waals surface area contributed by atoms with Gasteiger partial charge in [-0.25, -0.2) is 4.98 Å². The zero-order chi connectivity index (χ0) is 22.1. The van der Waals surface area contributed by atoms with Crippen molar-refractivity contribution >= 4 is 23.1 Å². The lowest BCUT2D eigenvalue weighted by molar-refractivity contribution is 0.174. The highest BCUT2D eigenvalue weighted by Crippen LogP contribution is 2.37. The van der Waals surface area contributed by atoms with Crippen LogP contribution in [0.5, 0.6) is 17.2 Å². The summed E-state index contributed by atoms with van der Waals surface area (Å²) in [6.07, 6.45) is 0. The smallest absolute Gasteiger partial charge is 0.231 e. The van der Waals surface area contributed by atoms with Crippen molar-refractivity contribution in [3.8, 4) is 27.8 Å². The number of hydrogen-bond donors (Lipinski definition) is 0. The van der Waals surface area contributed by atoms with Crippen LogP contribution in [-0.2, 0) is 19.4 Å². The number of thioether (sulfide) groups is 1. The highest BCUT2D eigenvalue weighted by Gasteiger charge is 2.16. The summed E-state index contributed by atoms with van der Waals surface area (Å²) in [6, 6.07) is 12.0. The Bertz CT molecular complexity index is 1270. The quantitative estimate of drug-likeness (QED) is 0.349. The fraction of sp³-hybridized carbons (Fsp3) is 0.261. The number of thiazole rings is 1. The Balaban J connectivity index is 1.20. The SMILES string of the molecule is Cc1ccc(OCc2nnc(SCc3csc(-c4ccc5c(c4)OCO5)n3)n2C)cc1C. The Morgan fingerprint density at radius 2 is 1.94 bits per heavy atom. The minimum absolute atomic E-state index is 0.272. The first kappa shape index (κ1) is 20.8. The monoisotopic (exact) mass is 466 g/mol. The second-order valence-corrected chi connectivity index (χ2v) is 9.29. The zero-order valence-electron chi connectivity index (χ0n) is 18.0. The van der Waals surface area contributed by atoms with Gasteiger partial charge in [-0.05, 0) is 55.3 Å². The van der Waals surface area contributed by atoms with Crippen LogP contribution in [0.3, 0.4) is 0 Å². The maximum atomic E-state index is 5.91. The maximum absolute atomic E-state index is 5.91. The van der Waals surface area contributed by atoms with Gasteiger partial charge in [0.1, 0.15) is 17.4 Å². The molecule has 0 bridgehead atoms. The standard InChI is InChI=1S/C23H22N4O3S2/c1-14-4-6-18(8-15(14)2)28-10-21-25-26-23(27(21)3)32-12-17-11-31-22(24-17)16-5-7-19-20(9-16)30-13-29-19/h4-9,11H,10,12-13H2,1-3H3. The first-order valence-electron chi connectivity index (χ1n) is 10.1. The van der Waals surface area contributed by atoms with Crippen molar-refractivity contribution in [1.82, 2.24) is 19.7 Å². The van der Waals surface area contributed by atoms with E-state index in [1.54, 1.807) is 23.1 Å². The molecular weight excluding hydrogens is 444 g/mol. The number of hydrogen-bond acceptors (Lipinski definition) is 8. The molecule has 0 spiro atoms. The molecule has 0 N–H and O–H groups in total. The summed E-state index contributed by atoms with van der Waals surface area (Å²) >= 11 is 3.23. The zero-order valence-corrected chi connectivity index (χ0v) is 19.6. The number of benzene rings is 2. The summed E-state index contributed by atoms with van der Waals surface area (Å²) < 4.78 is 18.7. The van der Waals surface area contributed by atoms with Crippen LogP contribution in [0.1, 0.15) is 22.6 Å². The molecule has 0 saturated heterocycles. The molecule has 0 fully saturated rings. The fourth-order valence-corrected chi connectivity index (χ4v) is 4.97. The summed E-state index contributed by atoms with van der Waals surface area (Å²) in [5.41, 5.74) is 4.49. The molecule has 2 aromatic carbocycles. The molecule has 4 aromatic rings. The summed E-state index contributed by atoms with van der Waals surface area (Å²) in [5, 5.41) is 12.5. The van der Waals surface area contributed by atoms with Gasteiger partial charge in [0.25, 0.3) is 0 Å². The van der Waals surface area contributed by atoms with E-state index in [1.165, 1.54) is 11.1 Å². The van der Waals surface area contributed by atoms with Crippen molar-refractivity contribution in [2.75, 3.05) is 6.79 Å². The molecule has 0 saturated carbocycles. The van der Waals surface area contributed by atoms with Crippen LogP contribution >= 0.6 is 23.1 Å². The van der Waals surface area contributed by atoms with Gasteiger partial charge in [-0.1, -0.05) is 17.8 Å². The molecule has 164 valence electrons. The first-order valence-corrected chi connectivity index (χ1v) is 12.0. The molecular formula is C23H22N4O3S2. The van der Waals surface area contributed by atoms with Gasteiger partial charge in [0.15, 0.2) is 22.5 Å². The minimum Gasteiger partial charge on any atom is -0.486 e. The Morgan fingerprint density at radius 3 is 2.81 bits per heavy atom. The molecule has 7 nitrogen and oxygen atoms in total. The minimum atomic E-state index is 0.272. The third-order valence-electron chi connectivity index (χ3n) is 5.29. The van der Waals surface area contributed by atoms with E-state index in [4.69, 9.17) is 19.2 Å². The second kappa shape index (κ2) is 8.84. The Morgan fingerprint density at radius 1 is 1.06 bits per heavy atom. The fourth-order valence-electron chi connectivity index (χ4n) is 3.22. The second-order valence-electron chi connectivity index (χ2n) is 7.49. The molecule has 0 radical (unpaired) electrons. The predicted octanol–water partition coefficient (Wildman–Crippen LogP) is 5.16. The van der Waals surface area contributed by atoms with E-state index in [0.717, 1.165) is 44.5 Å². The first-order chi connectivity index (χ1) is 15.6. The maximum Gasteiger partial charge on any atom is 0.231 e. The Labute approximate surface area is 194 Å². The van der Waals surface area contributed by atoms with Crippen molar-refractivity contribution in [2.45, 2.75) is 31.4 Å². The van der Waals surface area contributed by atoms with Crippen molar-refractivity contribution < 1.29 is 14.2 Å². The third-order valence-corrected chi connectivity index (χ3v) is 7.29. The normalized spacial score (nSPS) is 12.3. The van der Waals surface area contributed by atoms with E-state index in [-0.39, 0.29) is 6.79 Å². The topological polar surface area (TPSA) is 71.3 Å².